The highest BCUT2D eigenvalue weighted by atomic mass is 16.5. The van der Waals surface area contributed by atoms with Gasteiger partial charge in [0.2, 0.25) is 0 Å². The van der Waals surface area contributed by atoms with Gasteiger partial charge in [0.05, 0.1) is 6.61 Å². The van der Waals surface area contributed by atoms with Gasteiger partial charge in [0, 0.05) is 6.54 Å². The maximum absolute atomic E-state index is 5.48. The lowest BCUT2D eigenvalue weighted by atomic mass is 10.1. The summed E-state index contributed by atoms with van der Waals surface area (Å²) in [7, 11) is 0. The van der Waals surface area contributed by atoms with E-state index in [0.29, 0.717) is 0 Å². The molecule has 2 heteroatoms. The molecule has 1 rings (SSSR count). The van der Waals surface area contributed by atoms with Crippen molar-refractivity contribution >= 4 is 0 Å². The molecule has 0 aliphatic heterocycles. The second-order valence-corrected chi connectivity index (χ2v) is 3.31. The summed E-state index contributed by atoms with van der Waals surface area (Å²) in [4.78, 5) is 0. The largest absolute Gasteiger partial charge is 0.494 e. The molecule has 0 aliphatic rings. The molecule has 0 fully saturated rings. The fourth-order valence-corrected chi connectivity index (χ4v) is 1.41. The Morgan fingerprint density at radius 2 is 2.07 bits per heavy atom. The van der Waals surface area contributed by atoms with Crippen LogP contribution in [0.4, 0.5) is 0 Å². The van der Waals surface area contributed by atoms with Gasteiger partial charge >= 0.3 is 0 Å². The van der Waals surface area contributed by atoms with Crippen molar-refractivity contribution in [1.29, 1.82) is 0 Å². The lowest BCUT2D eigenvalue weighted by Crippen LogP contribution is -2.11. The molecule has 78 valence electrons. The summed E-state index contributed by atoms with van der Waals surface area (Å²) in [5.74, 6) is 0.993. The summed E-state index contributed by atoms with van der Waals surface area (Å²) >= 11 is 0. The number of hydrogen-bond donors (Lipinski definition) is 1. The van der Waals surface area contributed by atoms with E-state index in [1.165, 1.54) is 11.1 Å². The van der Waals surface area contributed by atoms with Crippen LogP contribution in [0.5, 0.6) is 5.75 Å². The van der Waals surface area contributed by atoms with Crippen molar-refractivity contribution in [2.45, 2.75) is 27.3 Å². The molecular weight excluding hydrogens is 174 g/mol. The highest BCUT2D eigenvalue weighted by molar-refractivity contribution is 5.36. The first-order valence-electron chi connectivity index (χ1n) is 5.21. The molecule has 0 radical (unpaired) electrons. The third-order valence-electron chi connectivity index (χ3n) is 2.12. The van der Waals surface area contributed by atoms with Crippen LogP contribution in [0.1, 0.15) is 25.0 Å². The Kier molecular flexibility index (Phi) is 4.47. The van der Waals surface area contributed by atoms with E-state index in [1.807, 2.05) is 13.0 Å². The SMILES string of the molecule is CCNCc1ccc(OCC)c(C)c1. The van der Waals surface area contributed by atoms with Crippen LogP contribution in [0.3, 0.4) is 0 Å². The van der Waals surface area contributed by atoms with Crippen molar-refractivity contribution in [3.63, 3.8) is 0 Å². The van der Waals surface area contributed by atoms with Crippen LogP contribution in [0.25, 0.3) is 0 Å². The van der Waals surface area contributed by atoms with Crippen LogP contribution in [-0.4, -0.2) is 13.2 Å². The minimum absolute atomic E-state index is 0.730. The summed E-state index contributed by atoms with van der Waals surface area (Å²) < 4.78 is 5.48. The molecule has 0 aliphatic carbocycles. The normalized spacial score (nSPS) is 10.2. The van der Waals surface area contributed by atoms with Gasteiger partial charge in [-0.3, -0.25) is 0 Å². The molecule has 0 unspecified atom stereocenters. The van der Waals surface area contributed by atoms with Gasteiger partial charge < -0.3 is 10.1 Å². The lowest BCUT2D eigenvalue weighted by molar-refractivity contribution is 0.338. The third kappa shape index (κ3) is 3.04. The summed E-state index contributed by atoms with van der Waals surface area (Å²) in [5, 5.41) is 3.30. The van der Waals surface area contributed by atoms with Gasteiger partial charge in [0.1, 0.15) is 5.75 Å². The van der Waals surface area contributed by atoms with E-state index in [9.17, 15) is 0 Å². The fraction of sp³-hybridized carbons (Fsp3) is 0.500. The van der Waals surface area contributed by atoms with Crippen LogP contribution in [0.2, 0.25) is 0 Å². The zero-order chi connectivity index (χ0) is 10.4. The summed E-state index contributed by atoms with van der Waals surface area (Å²) in [6, 6.07) is 6.33. The molecule has 0 aromatic heterocycles. The number of hydrogen-bond acceptors (Lipinski definition) is 2. The predicted molar refractivity (Wildman–Crippen MR) is 59.7 cm³/mol. The number of aryl methyl sites for hydroxylation is 1. The highest BCUT2D eigenvalue weighted by Gasteiger charge is 1.99. The second-order valence-electron chi connectivity index (χ2n) is 3.31. The number of ether oxygens (including phenoxy) is 1. The fourth-order valence-electron chi connectivity index (χ4n) is 1.41. The molecule has 1 aromatic carbocycles. The molecule has 0 saturated carbocycles. The molecule has 0 bridgehead atoms. The topological polar surface area (TPSA) is 21.3 Å². The third-order valence-corrected chi connectivity index (χ3v) is 2.12. The maximum Gasteiger partial charge on any atom is 0.122 e. The van der Waals surface area contributed by atoms with E-state index in [2.05, 4.69) is 31.3 Å². The van der Waals surface area contributed by atoms with E-state index < -0.39 is 0 Å². The van der Waals surface area contributed by atoms with Crippen LogP contribution < -0.4 is 10.1 Å². The van der Waals surface area contributed by atoms with Gasteiger partial charge in [-0.05, 0) is 37.6 Å². The summed E-state index contributed by atoms with van der Waals surface area (Å²) in [5.41, 5.74) is 2.52. The van der Waals surface area contributed by atoms with Crippen LogP contribution in [-0.2, 0) is 6.54 Å². The quantitative estimate of drug-likeness (QED) is 0.775. The van der Waals surface area contributed by atoms with E-state index in [4.69, 9.17) is 4.74 Å². The first-order valence-corrected chi connectivity index (χ1v) is 5.21. The summed E-state index contributed by atoms with van der Waals surface area (Å²) in [6.07, 6.45) is 0. The van der Waals surface area contributed by atoms with Gasteiger partial charge in [-0.2, -0.15) is 0 Å². The van der Waals surface area contributed by atoms with E-state index in [1.54, 1.807) is 0 Å². The van der Waals surface area contributed by atoms with Crippen molar-refractivity contribution in [3.8, 4) is 5.75 Å². The Balaban J connectivity index is 2.68. The lowest BCUT2D eigenvalue weighted by Gasteiger charge is -2.09. The highest BCUT2D eigenvalue weighted by Crippen LogP contribution is 2.18. The first kappa shape index (κ1) is 11.1. The Labute approximate surface area is 86.3 Å². The van der Waals surface area contributed by atoms with Gasteiger partial charge in [0.25, 0.3) is 0 Å². The molecule has 0 saturated heterocycles. The molecule has 1 N–H and O–H groups in total. The van der Waals surface area contributed by atoms with Crippen LogP contribution >= 0.6 is 0 Å². The molecule has 0 atom stereocenters. The van der Waals surface area contributed by atoms with Gasteiger partial charge in [-0.15, -0.1) is 0 Å². The summed E-state index contributed by atoms with van der Waals surface area (Å²) in [6.45, 7) is 8.87. The smallest absolute Gasteiger partial charge is 0.122 e. The molecule has 2 nitrogen and oxygen atoms in total. The second kappa shape index (κ2) is 5.66. The molecule has 0 heterocycles. The molecule has 0 spiro atoms. The van der Waals surface area contributed by atoms with Crippen molar-refractivity contribution in [2.75, 3.05) is 13.2 Å². The van der Waals surface area contributed by atoms with Crippen molar-refractivity contribution in [3.05, 3.63) is 29.3 Å². The Hall–Kier alpha value is -1.02. The zero-order valence-electron chi connectivity index (χ0n) is 9.26. The Morgan fingerprint density at radius 3 is 2.64 bits per heavy atom. The van der Waals surface area contributed by atoms with Gasteiger partial charge in [0.15, 0.2) is 0 Å². The van der Waals surface area contributed by atoms with Crippen LogP contribution in [0, 0.1) is 6.92 Å². The van der Waals surface area contributed by atoms with Crippen molar-refractivity contribution in [2.24, 2.45) is 0 Å². The average molecular weight is 193 g/mol. The monoisotopic (exact) mass is 193 g/mol. The number of benzene rings is 1. The van der Waals surface area contributed by atoms with Crippen molar-refractivity contribution in [1.82, 2.24) is 5.32 Å². The Morgan fingerprint density at radius 1 is 1.29 bits per heavy atom. The number of nitrogens with one attached hydrogen (secondary N) is 1. The first-order chi connectivity index (χ1) is 6.77. The minimum atomic E-state index is 0.730. The minimum Gasteiger partial charge on any atom is -0.494 e. The van der Waals surface area contributed by atoms with E-state index in [0.717, 1.165) is 25.4 Å². The van der Waals surface area contributed by atoms with Crippen molar-refractivity contribution < 1.29 is 4.74 Å². The van der Waals surface area contributed by atoms with Gasteiger partial charge in [-0.25, -0.2) is 0 Å². The Bertz CT molecular complexity index is 284. The maximum atomic E-state index is 5.48. The zero-order valence-corrected chi connectivity index (χ0v) is 9.26. The van der Waals surface area contributed by atoms with E-state index in [-0.39, 0.29) is 0 Å². The molecule has 1 aromatic rings. The molecule has 14 heavy (non-hydrogen) atoms. The standard InChI is InChI=1S/C12H19NO/c1-4-13-9-11-6-7-12(14-5-2)10(3)8-11/h6-8,13H,4-5,9H2,1-3H3. The average Bonchev–Trinajstić information content (AvgIpc) is 2.19. The van der Waals surface area contributed by atoms with E-state index >= 15 is 0 Å². The van der Waals surface area contributed by atoms with Crippen LogP contribution in [0.15, 0.2) is 18.2 Å². The number of rotatable bonds is 5. The van der Waals surface area contributed by atoms with Gasteiger partial charge in [-0.1, -0.05) is 19.1 Å². The predicted octanol–water partition coefficient (Wildman–Crippen LogP) is 2.50. The molecular formula is C12H19NO. The molecule has 0 amide bonds.